The highest BCUT2D eigenvalue weighted by molar-refractivity contribution is 6.30. The van der Waals surface area contributed by atoms with Crippen LogP contribution in [0, 0.1) is 0 Å². The monoisotopic (exact) mass is 265 g/mol. The van der Waals surface area contributed by atoms with E-state index >= 15 is 0 Å². The summed E-state index contributed by atoms with van der Waals surface area (Å²) in [5, 5.41) is 4.85. The summed E-state index contributed by atoms with van der Waals surface area (Å²) in [6, 6.07) is 5.55. The summed E-state index contributed by atoms with van der Waals surface area (Å²) >= 11 is 5.97. The topological polar surface area (TPSA) is 53.1 Å². The molecule has 0 spiro atoms. The number of halogens is 1. The van der Waals surface area contributed by atoms with Gasteiger partial charge in [0.15, 0.2) is 5.75 Å². The maximum Gasteiger partial charge on any atom is 0.165 e. The van der Waals surface area contributed by atoms with Crippen LogP contribution in [0.4, 0.5) is 0 Å². The number of aryl methyl sites for hydroxylation is 1. The van der Waals surface area contributed by atoms with Crippen molar-refractivity contribution in [1.82, 2.24) is 9.78 Å². The number of hydrogen-bond acceptors (Lipinski definition) is 3. The summed E-state index contributed by atoms with van der Waals surface area (Å²) in [6.45, 7) is 3.41. The van der Waals surface area contributed by atoms with Gasteiger partial charge in [0.2, 0.25) is 0 Å². The standard InChI is InChI=1S/C13H16ClN3O/c1-2-17-9-12(8-16-17)18-13-4-3-11(14)7-10(13)5-6-15/h3-4,7-9H,2,5-6,15H2,1H3. The highest BCUT2D eigenvalue weighted by Gasteiger charge is 2.07. The minimum absolute atomic E-state index is 0.560. The van der Waals surface area contributed by atoms with E-state index in [0.717, 1.165) is 30.0 Å². The lowest BCUT2D eigenvalue weighted by atomic mass is 10.1. The molecule has 1 aromatic carbocycles. The molecule has 5 heteroatoms. The van der Waals surface area contributed by atoms with Gasteiger partial charge in [0, 0.05) is 11.6 Å². The van der Waals surface area contributed by atoms with E-state index in [0.29, 0.717) is 11.6 Å². The van der Waals surface area contributed by atoms with E-state index in [9.17, 15) is 0 Å². The molecule has 0 fully saturated rings. The molecule has 0 aliphatic rings. The molecule has 1 aromatic heterocycles. The molecular weight excluding hydrogens is 250 g/mol. The Hall–Kier alpha value is -1.52. The van der Waals surface area contributed by atoms with Crippen LogP contribution in [0.25, 0.3) is 0 Å². The molecule has 2 rings (SSSR count). The zero-order valence-electron chi connectivity index (χ0n) is 10.3. The Balaban J connectivity index is 2.22. The van der Waals surface area contributed by atoms with E-state index in [2.05, 4.69) is 5.10 Å². The molecule has 0 amide bonds. The van der Waals surface area contributed by atoms with Crippen LogP contribution in [-0.4, -0.2) is 16.3 Å². The third-order valence-corrected chi connectivity index (χ3v) is 2.83. The van der Waals surface area contributed by atoms with Crippen LogP contribution in [-0.2, 0) is 13.0 Å². The fourth-order valence-electron chi connectivity index (χ4n) is 1.70. The van der Waals surface area contributed by atoms with Crippen LogP contribution in [0.3, 0.4) is 0 Å². The Bertz CT molecular complexity index is 525. The van der Waals surface area contributed by atoms with Crippen LogP contribution in [0.1, 0.15) is 12.5 Å². The average Bonchev–Trinajstić information content (AvgIpc) is 2.81. The van der Waals surface area contributed by atoms with Gasteiger partial charge in [-0.15, -0.1) is 0 Å². The number of nitrogens with two attached hydrogens (primary N) is 1. The fourth-order valence-corrected chi connectivity index (χ4v) is 1.89. The molecule has 0 saturated carbocycles. The molecule has 0 saturated heterocycles. The van der Waals surface area contributed by atoms with E-state index in [-0.39, 0.29) is 0 Å². The van der Waals surface area contributed by atoms with Crippen molar-refractivity contribution in [2.24, 2.45) is 5.73 Å². The molecule has 4 nitrogen and oxygen atoms in total. The van der Waals surface area contributed by atoms with E-state index in [1.807, 2.05) is 29.9 Å². The lowest BCUT2D eigenvalue weighted by Crippen LogP contribution is -2.04. The summed E-state index contributed by atoms with van der Waals surface area (Å²) < 4.78 is 7.62. The molecule has 0 bridgehead atoms. The predicted octanol–water partition coefficient (Wildman–Crippen LogP) is 2.85. The largest absolute Gasteiger partial charge is 0.454 e. The Morgan fingerprint density at radius 1 is 1.44 bits per heavy atom. The second kappa shape index (κ2) is 5.89. The number of ether oxygens (including phenoxy) is 1. The van der Waals surface area contributed by atoms with E-state index < -0.39 is 0 Å². The zero-order chi connectivity index (χ0) is 13.0. The normalized spacial score (nSPS) is 10.6. The van der Waals surface area contributed by atoms with Gasteiger partial charge in [-0.2, -0.15) is 5.10 Å². The Morgan fingerprint density at radius 2 is 2.28 bits per heavy atom. The van der Waals surface area contributed by atoms with Crippen molar-refractivity contribution >= 4 is 11.6 Å². The predicted molar refractivity (Wildman–Crippen MR) is 72.2 cm³/mol. The maximum atomic E-state index is 5.97. The van der Waals surface area contributed by atoms with Crippen molar-refractivity contribution in [3.05, 3.63) is 41.2 Å². The number of rotatable bonds is 5. The number of hydrogen-bond donors (Lipinski definition) is 1. The summed E-state index contributed by atoms with van der Waals surface area (Å²) in [7, 11) is 0. The Morgan fingerprint density at radius 3 is 2.94 bits per heavy atom. The Kier molecular flexibility index (Phi) is 4.23. The molecule has 96 valence electrons. The maximum absolute atomic E-state index is 5.97. The Labute approximate surface area is 111 Å². The second-order valence-corrected chi connectivity index (χ2v) is 4.36. The third kappa shape index (κ3) is 3.03. The minimum Gasteiger partial charge on any atom is -0.454 e. The smallest absolute Gasteiger partial charge is 0.165 e. The first-order valence-electron chi connectivity index (χ1n) is 5.91. The zero-order valence-corrected chi connectivity index (χ0v) is 11.0. The van der Waals surface area contributed by atoms with Gasteiger partial charge in [-0.1, -0.05) is 11.6 Å². The van der Waals surface area contributed by atoms with Crippen LogP contribution in [0.5, 0.6) is 11.5 Å². The molecule has 18 heavy (non-hydrogen) atoms. The van der Waals surface area contributed by atoms with Gasteiger partial charge in [0.1, 0.15) is 5.75 Å². The third-order valence-electron chi connectivity index (χ3n) is 2.60. The summed E-state index contributed by atoms with van der Waals surface area (Å²) in [6.07, 6.45) is 4.29. The lowest BCUT2D eigenvalue weighted by Gasteiger charge is -2.09. The number of aromatic nitrogens is 2. The van der Waals surface area contributed by atoms with Gasteiger partial charge in [0.25, 0.3) is 0 Å². The van der Waals surface area contributed by atoms with Gasteiger partial charge in [-0.3, -0.25) is 4.68 Å². The molecule has 0 radical (unpaired) electrons. The van der Waals surface area contributed by atoms with Crippen molar-refractivity contribution in [1.29, 1.82) is 0 Å². The molecule has 2 aromatic rings. The van der Waals surface area contributed by atoms with Crippen LogP contribution in [0.2, 0.25) is 5.02 Å². The quantitative estimate of drug-likeness (QED) is 0.904. The minimum atomic E-state index is 0.560. The second-order valence-electron chi connectivity index (χ2n) is 3.92. The SMILES string of the molecule is CCn1cc(Oc2ccc(Cl)cc2CCN)cn1. The molecular formula is C13H16ClN3O. The molecule has 0 unspecified atom stereocenters. The van der Waals surface area contributed by atoms with Crippen molar-refractivity contribution in [3.63, 3.8) is 0 Å². The molecule has 1 heterocycles. The van der Waals surface area contributed by atoms with Crippen LogP contribution < -0.4 is 10.5 Å². The molecule has 0 aliphatic heterocycles. The van der Waals surface area contributed by atoms with Gasteiger partial charge < -0.3 is 10.5 Å². The van der Waals surface area contributed by atoms with Crippen molar-refractivity contribution < 1.29 is 4.74 Å². The molecule has 0 aliphatic carbocycles. The average molecular weight is 266 g/mol. The van der Waals surface area contributed by atoms with Crippen molar-refractivity contribution in [2.75, 3.05) is 6.54 Å². The van der Waals surface area contributed by atoms with Crippen LogP contribution >= 0.6 is 11.6 Å². The number of nitrogens with zero attached hydrogens (tertiary/aromatic N) is 2. The molecule has 2 N–H and O–H groups in total. The van der Waals surface area contributed by atoms with Gasteiger partial charge in [-0.05, 0) is 43.7 Å². The van der Waals surface area contributed by atoms with Gasteiger partial charge in [-0.25, -0.2) is 0 Å². The van der Waals surface area contributed by atoms with E-state index in [1.54, 1.807) is 12.3 Å². The van der Waals surface area contributed by atoms with Gasteiger partial charge >= 0.3 is 0 Å². The first-order valence-corrected chi connectivity index (χ1v) is 6.29. The summed E-state index contributed by atoms with van der Waals surface area (Å²) in [5.74, 6) is 1.50. The highest BCUT2D eigenvalue weighted by atomic mass is 35.5. The first-order chi connectivity index (χ1) is 8.72. The molecule has 0 atom stereocenters. The van der Waals surface area contributed by atoms with Crippen molar-refractivity contribution in [2.45, 2.75) is 19.9 Å². The summed E-state index contributed by atoms with van der Waals surface area (Å²) in [4.78, 5) is 0. The van der Waals surface area contributed by atoms with Gasteiger partial charge in [0.05, 0.1) is 12.4 Å². The van der Waals surface area contributed by atoms with E-state index in [4.69, 9.17) is 22.1 Å². The van der Waals surface area contributed by atoms with Crippen LogP contribution in [0.15, 0.2) is 30.6 Å². The van der Waals surface area contributed by atoms with Crippen molar-refractivity contribution in [3.8, 4) is 11.5 Å². The van der Waals surface area contributed by atoms with E-state index in [1.165, 1.54) is 0 Å². The number of benzene rings is 1. The first kappa shape index (κ1) is 12.9. The summed E-state index contributed by atoms with van der Waals surface area (Å²) in [5.41, 5.74) is 6.59. The lowest BCUT2D eigenvalue weighted by molar-refractivity contribution is 0.475. The highest BCUT2D eigenvalue weighted by Crippen LogP contribution is 2.27. The fraction of sp³-hybridized carbons (Fsp3) is 0.308.